The molecule has 0 spiro atoms. The molecule has 0 aromatic carbocycles. The standard InChI is InChI=1S/C16H20ClN7/c1-11-12(17)5-7-15-18-13(20-24(11)15)6-8-14-19-16(21-22(14)2)23-9-3-4-10-23/h5,7H,3-4,6,8-10H2,1-2H3. The van der Waals surface area contributed by atoms with Crippen molar-refractivity contribution < 1.29 is 0 Å². The van der Waals surface area contributed by atoms with Crippen molar-refractivity contribution in [1.29, 1.82) is 0 Å². The highest BCUT2D eigenvalue weighted by atomic mass is 35.5. The zero-order valence-corrected chi connectivity index (χ0v) is 14.7. The van der Waals surface area contributed by atoms with Crippen LogP contribution in [0.1, 0.15) is 30.2 Å². The topological polar surface area (TPSA) is 64.1 Å². The van der Waals surface area contributed by atoms with Crippen molar-refractivity contribution in [3.63, 3.8) is 0 Å². The SMILES string of the molecule is Cc1c(Cl)ccc2nc(CCc3nc(N4CCCC4)nn3C)nn12. The average Bonchev–Trinajstić information content (AvgIpc) is 3.28. The van der Waals surface area contributed by atoms with E-state index >= 15 is 0 Å². The Bertz CT molecular complexity index is 876. The van der Waals surface area contributed by atoms with E-state index < -0.39 is 0 Å². The fourth-order valence-corrected chi connectivity index (χ4v) is 3.24. The highest BCUT2D eigenvalue weighted by molar-refractivity contribution is 6.31. The summed E-state index contributed by atoms with van der Waals surface area (Å²) < 4.78 is 3.66. The number of aryl methyl sites for hydroxylation is 4. The van der Waals surface area contributed by atoms with Gasteiger partial charge in [0.1, 0.15) is 5.82 Å². The van der Waals surface area contributed by atoms with Crippen molar-refractivity contribution >= 4 is 23.2 Å². The summed E-state index contributed by atoms with van der Waals surface area (Å²) in [7, 11) is 1.95. The Morgan fingerprint density at radius 2 is 1.88 bits per heavy atom. The van der Waals surface area contributed by atoms with Gasteiger partial charge in [0.2, 0.25) is 5.95 Å². The number of rotatable bonds is 4. The van der Waals surface area contributed by atoms with E-state index in [0.29, 0.717) is 5.02 Å². The summed E-state index contributed by atoms with van der Waals surface area (Å²) >= 11 is 6.14. The predicted octanol–water partition coefficient (Wildman–Crippen LogP) is 2.21. The molecule has 0 radical (unpaired) electrons. The number of fused-ring (bicyclic) bond motifs is 1. The van der Waals surface area contributed by atoms with Crippen LogP contribution < -0.4 is 4.90 Å². The Balaban J connectivity index is 1.51. The molecule has 7 nitrogen and oxygen atoms in total. The number of anilines is 1. The lowest BCUT2D eigenvalue weighted by Gasteiger charge is -2.10. The van der Waals surface area contributed by atoms with Crippen LogP contribution in [0.3, 0.4) is 0 Å². The molecule has 0 unspecified atom stereocenters. The van der Waals surface area contributed by atoms with Gasteiger partial charge in [-0.25, -0.2) is 9.50 Å². The van der Waals surface area contributed by atoms with Gasteiger partial charge in [0, 0.05) is 33.0 Å². The van der Waals surface area contributed by atoms with Gasteiger partial charge in [0.25, 0.3) is 0 Å². The molecule has 1 aliphatic rings. The van der Waals surface area contributed by atoms with Gasteiger partial charge in [-0.15, -0.1) is 5.10 Å². The van der Waals surface area contributed by atoms with Crippen LogP contribution >= 0.6 is 11.6 Å². The second-order valence-electron chi connectivity index (χ2n) is 6.21. The molecule has 0 bridgehead atoms. The molecule has 0 atom stereocenters. The first-order valence-corrected chi connectivity index (χ1v) is 8.65. The maximum absolute atomic E-state index is 6.14. The lowest BCUT2D eigenvalue weighted by Crippen LogP contribution is -2.19. The van der Waals surface area contributed by atoms with Crippen LogP contribution in [-0.2, 0) is 19.9 Å². The molecule has 1 saturated heterocycles. The minimum atomic E-state index is 0.697. The number of halogens is 1. The van der Waals surface area contributed by atoms with Gasteiger partial charge < -0.3 is 4.90 Å². The summed E-state index contributed by atoms with van der Waals surface area (Å²) in [6.07, 6.45) is 3.94. The number of nitrogens with zero attached hydrogens (tertiary/aromatic N) is 7. The third-order valence-electron chi connectivity index (χ3n) is 4.52. The molecule has 8 heteroatoms. The molecule has 0 N–H and O–H groups in total. The first kappa shape index (κ1) is 15.4. The summed E-state index contributed by atoms with van der Waals surface area (Å²) in [6, 6.07) is 3.75. The second kappa shape index (κ2) is 6.05. The van der Waals surface area contributed by atoms with Crippen molar-refractivity contribution in [3.05, 3.63) is 34.5 Å². The fraction of sp³-hybridized carbons (Fsp3) is 0.500. The fourth-order valence-electron chi connectivity index (χ4n) is 3.09. The molecular formula is C16H20ClN7. The Morgan fingerprint density at radius 1 is 1.08 bits per heavy atom. The van der Waals surface area contributed by atoms with Gasteiger partial charge in [0.15, 0.2) is 11.5 Å². The second-order valence-corrected chi connectivity index (χ2v) is 6.62. The van der Waals surface area contributed by atoms with Crippen molar-refractivity contribution in [1.82, 2.24) is 29.4 Å². The first-order valence-electron chi connectivity index (χ1n) is 8.27. The number of hydrogen-bond donors (Lipinski definition) is 0. The van der Waals surface area contributed by atoms with E-state index in [1.54, 1.807) is 4.52 Å². The molecule has 4 heterocycles. The molecule has 24 heavy (non-hydrogen) atoms. The van der Waals surface area contributed by atoms with Crippen molar-refractivity contribution in [2.45, 2.75) is 32.6 Å². The maximum atomic E-state index is 6.14. The van der Waals surface area contributed by atoms with E-state index in [-0.39, 0.29) is 0 Å². The van der Waals surface area contributed by atoms with Crippen LogP contribution in [0.5, 0.6) is 0 Å². The molecule has 3 aromatic heterocycles. The molecular weight excluding hydrogens is 326 g/mol. The Morgan fingerprint density at radius 3 is 2.67 bits per heavy atom. The van der Waals surface area contributed by atoms with E-state index in [1.165, 1.54) is 12.8 Å². The Hall–Kier alpha value is -2.15. The summed E-state index contributed by atoms with van der Waals surface area (Å²) in [5, 5.41) is 9.79. The third-order valence-corrected chi connectivity index (χ3v) is 4.92. The quantitative estimate of drug-likeness (QED) is 0.725. The zero-order valence-electron chi connectivity index (χ0n) is 13.9. The Kier molecular flexibility index (Phi) is 3.88. The lowest BCUT2D eigenvalue weighted by molar-refractivity contribution is 0.681. The summed E-state index contributed by atoms with van der Waals surface area (Å²) in [5.74, 6) is 2.60. The van der Waals surface area contributed by atoms with Crippen LogP contribution in [0.15, 0.2) is 12.1 Å². The van der Waals surface area contributed by atoms with E-state index in [0.717, 1.165) is 54.9 Å². The largest absolute Gasteiger partial charge is 0.340 e. The molecule has 1 fully saturated rings. The molecule has 0 amide bonds. The van der Waals surface area contributed by atoms with Gasteiger partial charge >= 0.3 is 0 Å². The summed E-state index contributed by atoms with van der Waals surface area (Å²) in [5.41, 5.74) is 1.73. The third kappa shape index (κ3) is 2.73. The van der Waals surface area contributed by atoms with Crippen LogP contribution in [0.4, 0.5) is 5.95 Å². The monoisotopic (exact) mass is 345 g/mol. The van der Waals surface area contributed by atoms with E-state index in [2.05, 4.69) is 25.1 Å². The summed E-state index contributed by atoms with van der Waals surface area (Å²) in [6.45, 7) is 4.05. The molecule has 1 aliphatic heterocycles. The normalized spacial score (nSPS) is 14.9. The zero-order chi connectivity index (χ0) is 16.7. The van der Waals surface area contributed by atoms with Crippen LogP contribution in [0.25, 0.3) is 5.65 Å². The van der Waals surface area contributed by atoms with E-state index in [1.807, 2.05) is 30.8 Å². The van der Waals surface area contributed by atoms with Crippen molar-refractivity contribution in [2.75, 3.05) is 18.0 Å². The van der Waals surface area contributed by atoms with Crippen LogP contribution in [0, 0.1) is 6.92 Å². The number of aromatic nitrogens is 6. The van der Waals surface area contributed by atoms with Crippen LogP contribution in [0.2, 0.25) is 5.02 Å². The molecule has 0 aliphatic carbocycles. The molecule has 4 rings (SSSR count). The van der Waals surface area contributed by atoms with Crippen molar-refractivity contribution in [3.8, 4) is 0 Å². The average molecular weight is 346 g/mol. The van der Waals surface area contributed by atoms with Crippen molar-refractivity contribution in [2.24, 2.45) is 7.05 Å². The van der Waals surface area contributed by atoms with E-state index in [9.17, 15) is 0 Å². The minimum Gasteiger partial charge on any atom is -0.340 e. The number of hydrogen-bond acceptors (Lipinski definition) is 5. The lowest BCUT2D eigenvalue weighted by atomic mass is 10.3. The van der Waals surface area contributed by atoms with Gasteiger partial charge in [0.05, 0.1) is 10.7 Å². The maximum Gasteiger partial charge on any atom is 0.244 e. The van der Waals surface area contributed by atoms with Gasteiger partial charge in [-0.2, -0.15) is 10.1 Å². The predicted molar refractivity (Wildman–Crippen MR) is 92.6 cm³/mol. The van der Waals surface area contributed by atoms with Gasteiger partial charge in [-0.05, 0) is 31.9 Å². The highest BCUT2D eigenvalue weighted by Crippen LogP contribution is 2.18. The van der Waals surface area contributed by atoms with E-state index in [4.69, 9.17) is 11.6 Å². The smallest absolute Gasteiger partial charge is 0.244 e. The van der Waals surface area contributed by atoms with Crippen LogP contribution in [-0.4, -0.2) is 42.5 Å². The first-order chi connectivity index (χ1) is 11.6. The van der Waals surface area contributed by atoms with Gasteiger partial charge in [-0.1, -0.05) is 11.6 Å². The number of pyridine rings is 1. The molecule has 3 aromatic rings. The van der Waals surface area contributed by atoms with Gasteiger partial charge in [-0.3, -0.25) is 4.68 Å². The molecule has 0 saturated carbocycles. The molecule has 126 valence electrons. The summed E-state index contributed by atoms with van der Waals surface area (Å²) in [4.78, 5) is 11.5. The Labute approximate surface area is 145 Å². The highest BCUT2D eigenvalue weighted by Gasteiger charge is 2.18. The minimum absolute atomic E-state index is 0.697.